The largest absolute Gasteiger partial charge is 0.472 e. The minimum absolute atomic E-state index is 0.0387. The van der Waals surface area contributed by atoms with Gasteiger partial charge in [0.1, 0.15) is 0 Å². The predicted octanol–water partition coefficient (Wildman–Crippen LogP) is 7.43. The number of rotatable bonds is 25. The van der Waals surface area contributed by atoms with Gasteiger partial charge in [-0.3, -0.25) is 9.05 Å². The first-order valence-electron chi connectivity index (χ1n) is 15.1. The van der Waals surface area contributed by atoms with Crippen molar-refractivity contribution < 1.29 is 32.5 Å². The Hall–Kier alpha value is -0.270. The van der Waals surface area contributed by atoms with Gasteiger partial charge in [0.2, 0.25) is 0 Å². The Morgan fingerprint density at radius 1 is 0.730 bits per heavy atom. The molecule has 0 aromatic carbocycles. The molecule has 0 amide bonds. The molecule has 1 fully saturated rings. The van der Waals surface area contributed by atoms with Gasteiger partial charge in [-0.1, -0.05) is 76.9 Å². The highest BCUT2D eigenvalue weighted by Crippen LogP contribution is 2.46. The van der Waals surface area contributed by atoms with Crippen LogP contribution in [0.3, 0.4) is 0 Å². The highest BCUT2D eigenvalue weighted by atomic mass is 31.2. The van der Waals surface area contributed by atoms with Crippen LogP contribution in [0.15, 0.2) is 12.2 Å². The lowest BCUT2D eigenvalue weighted by molar-refractivity contribution is -0.896. The lowest BCUT2D eigenvalue weighted by Gasteiger charge is -2.37. The van der Waals surface area contributed by atoms with Crippen LogP contribution in [0.5, 0.6) is 0 Å². The molecule has 220 valence electrons. The zero-order valence-corrected chi connectivity index (χ0v) is 25.3. The fourth-order valence-corrected chi connectivity index (χ4v) is 5.51. The van der Waals surface area contributed by atoms with Crippen molar-refractivity contribution in [2.75, 3.05) is 60.2 Å². The minimum Gasteiger partial charge on any atom is -0.379 e. The number of quaternary nitrogens is 1. The zero-order chi connectivity index (χ0) is 27.1. The van der Waals surface area contributed by atoms with Gasteiger partial charge in [-0.15, -0.1) is 0 Å². The summed E-state index contributed by atoms with van der Waals surface area (Å²) in [5.74, 6) is 0. The molecule has 37 heavy (non-hydrogen) atoms. The number of likely N-dealkylation sites (tertiary alicyclic amines) is 1. The summed E-state index contributed by atoms with van der Waals surface area (Å²) in [5, 5.41) is 0. The van der Waals surface area contributed by atoms with Crippen LogP contribution in [-0.4, -0.2) is 75.7 Å². The van der Waals surface area contributed by atoms with Crippen LogP contribution in [0.4, 0.5) is 0 Å². The summed E-state index contributed by atoms with van der Waals surface area (Å²) in [6, 6.07) is 0. The van der Waals surface area contributed by atoms with E-state index in [1.807, 2.05) is 0 Å². The number of hydrogen-bond donors (Lipinski definition) is 1. The number of phosphoric acid groups is 1. The molecule has 1 heterocycles. The van der Waals surface area contributed by atoms with Crippen LogP contribution < -0.4 is 0 Å². The fraction of sp³-hybridized carbons (Fsp3) is 0.931. The van der Waals surface area contributed by atoms with E-state index in [9.17, 15) is 9.46 Å². The molecular formula is C29H59NO6P+. The van der Waals surface area contributed by atoms with Gasteiger partial charge in [-0.25, -0.2) is 4.57 Å². The molecule has 1 aliphatic heterocycles. The fourth-order valence-electron chi connectivity index (χ4n) is 4.55. The summed E-state index contributed by atoms with van der Waals surface area (Å²) in [5.41, 5.74) is 0. The van der Waals surface area contributed by atoms with Gasteiger partial charge in [-0.05, 0) is 32.1 Å². The Balaban J connectivity index is 1.78. The normalized spacial score (nSPS) is 17.9. The van der Waals surface area contributed by atoms with Crippen LogP contribution in [0, 0.1) is 0 Å². The average Bonchev–Trinajstić information content (AvgIpc) is 2.85. The quantitative estimate of drug-likeness (QED) is 0.0553. The molecule has 1 atom stereocenters. The van der Waals surface area contributed by atoms with Gasteiger partial charge >= 0.3 is 7.82 Å². The van der Waals surface area contributed by atoms with Crippen LogP contribution in [0.2, 0.25) is 0 Å². The maximum absolute atomic E-state index is 12.1. The Bertz CT molecular complexity index is 591. The van der Waals surface area contributed by atoms with Gasteiger partial charge in [-0.2, -0.15) is 0 Å². The molecule has 1 aliphatic rings. The van der Waals surface area contributed by atoms with Crippen molar-refractivity contribution in [3.63, 3.8) is 0 Å². The molecule has 0 aromatic heterocycles. The molecule has 0 aliphatic carbocycles. The summed E-state index contributed by atoms with van der Waals surface area (Å²) in [7, 11) is 0.295. The summed E-state index contributed by atoms with van der Waals surface area (Å²) in [4.78, 5) is 9.89. The lowest BCUT2D eigenvalue weighted by atomic mass is 10.1. The maximum Gasteiger partial charge on any atom is 0.472 e. The highest BCUT2D eigenvalue weighted by Gasteiger charge is 2.32. The molecular weight excluding hydrogens is 489 g/mol. The van der Waals surface area contributed by atoms with E-state index in [1.165, 1.54) is 83.5 Å². The third kappa shape index (κ3) is 22.3. The number of ether oxygens (including phenoxy) is 2. The molecule has 0 saturated carbocycles. The summed E-state index contributed by atoms with van der Waals surface area (Å²) < 4.78 is 34.4. The van der Waals surface area contributed by atoms with E-state index in [0.29, 0.717) is 13.2 Å². The topological polar surface area (TPSA) is 74.2 Å². The standard InChI is InChI=1S/C29H58NO6P/c1-4-5-6-7-8-9-10-11-12-13-14-15-16-17-18-19-24-33-25-26-34-27-28-35-37(31,32)36-29-20-22-30(2,3)23-21-29/h11-12,29H,4-10,13-28H2,1-3H3/p+1/b12-11-. The van der Waals surface area contributed by atoms with Gasteiger partial charge in [0, 0.05) is 19.4 Å². The van der Waals surface area contributed by atoms with Gasteiger partial charge < -0.3 is 18.9 Å². The van der Waals surface area contributed by atoms with E-state index in [1.54, 1.807) is 0 Å². The number of allylic oxidation sites excluding steroid dienone is 2. The third-order valence-electron chi connectivity index (χ3n) is 7.05. The van der Waals surface area contributed by atoms with Gasteiger partial charge in [0.25, 0.3) is 0 Å². The molecule has 0 spiro atoms. The average molecular weight is 549 g/mol. The predicted molar refractivity (Wildman–Crippen MR) is 153 cm³/mol. The molecule has 0 bridgehead atoms. The van der Waals surface area contributed by atoms with Crippen molar-refractivity contribution >= 4 is 7.82 Å². The lowest BCUT2D eigenvalue weighted by Crippen LogP contribution is -2.47. The van der Waals surface area contributed by atoms with Crippen molar-refractivity contribution in [1.29, 1.82) is 0 Å². The second-order valence-corrected chi connectivity index (χ2v) is 12.6. The molecule has 1 unspecified atom stereocenters. The molecule has 0 aromatic rings. The zero-order valence-electron chi connectivity index (χ0n) is 24.4. The van der Waals surface area contributed by atoms with Crippen molar-refractivity contribution in [1.82, 2.24) is 0 Å². The summed E-state index contributed by atoms with van der Waals surface area (Å²) in [6.45, 7) is 6.19. The SMILES string of the molecule is CCCCCCCC/C=C\CCCCCCCCOCCOCCOP(=O)(O)OC1CC[N+](C)(C)CC1. The van der Waals surface area contributed by atoms with Gasteiger partial charge in [0.15, 0.2) is 0 Å². The van der Waals surface area contributed by atoms with E-state index in [-0.39, 0.29) is 19.3 Å². The van der Waals surface area contributed by atoms with Crippen molar-refractivity contribution in [3.8, 4) is 0 Å². The van der Waals surface area contributed by atoms with Crippen molar-refractivity contribution in [2.24, 2.45) is 0 Å². The van der Waals surface area contributed by atoms with E-state index >= 15 is 0 Å². The Labute approximate surface area is 228 Å². The van der Waals surface area contributed by atoms with E-state index < -0.39 is 7.82 Å². The van der Waals surface area contributed by atoms with Crippen molar-refractivity contribution in [2.45, 2.75) is 116 Å². The first kappa shape index (κ1) is 34.8. The van der Waals surface area contributed by atoms with Crippen molar-refractivity contribution in [3.05, 3.63) is 12.2 Å². The summed E-state index contributed by atoms with van der Waals surface area (Å²) >= 11 is 0. The monoisotopic (exact) mass is 548 g/mol. The molecule has 8 heteroatoms. The van der Waals surface area contributed by atoms with E-state index in [4.69, 9.17) is 18.5 Å². The van der Waals surface area contributed by atoms with Gasteiger partial charge in [0.05, 0.1) is 59.7 Å². The Morgan fingerprint density at radius 3 is 1.81 bits per heavy atom. The second-order valence-electron chi connectivity index (χ2n) is 11.2. The highest BCUT2D eigenvalue weighted by molar-refractivity contribution is 7.47. The first-order valence-corrected chi connectivity index (χ1v) is 16.6. The Kier molecular flexibility index (Phi) is 21.2. The van der Waals surface area contributed by atoms with Crippen LogP contribution in [-0.2, 0) is 23.1 Å². The van der Waals surface area contributed by atoms with Crippen LogP contribution >= 0.6 is 7.82 Å². The van der Waals surface area contributed by atoms with E-state index in [2.05, 4.69) is 33.2 Å². The van der Waals surface area contributed by atoms with E-state index in [0.717, 1.165) is 43.4 Å². The number of piperidine rings is 1. The first-order chi connectivity index (χ1) is 17.8. The van der Waals surface area contributed by atoms with Crippen LogP contribution in [0.25, 0.3) is 0 Å². The molecule has 0 radical (unpaired) electrons. The summed E-state index contributed by atoms with van der Waals surface area (Å²) in [6.07, 6.45) is 24.4. The van der Waals surface area contributed by atoms with Crippen LogP contribution in [0.1, 0.15) is 110 Å². The number of phosphoric ester groups is 1. The maximum atomic E-state index is 12.1. The third-order valence-corrected chi connectivity index (χ3v) is 8.12. The molecule has 1 N–H and O–H groups in total. The molecule has 1 saturated heterocycles. The Morgan fingerprint density at radius 2 is 1.22 bits per heavy atom. The number of nitrogens with zero attached hydrogens (tertiary/aromatic N) is 1. The molecule has 7 nitrogen and oxygen atoms in total. The number of unbranched alkanes of at least 4 members (excludes halogenated alkanes) is 12. The second kappa shape index (κ2) is 22.5. The molecule has 1 rings (SSSR count). The number of hydrogen-bond acceptors (Lipinski definition) is 5. The minimum atomic E-state index is -4.02. The smallest absolute Gasteiger partial charge is 0.379 e.